The Kier molecular flexibility index (Phi) is 46.9. The van der Waals surface area contributed by atoms with Crippen LogP contribution in [0, 0.1) is 0 Å². The SMILES string of the molecule is CCCCCCCCC/C=C\CCCCCCCCCC(=O)NC(COC1OC(CO)C(O)C(O)C1O)C(O)/C=C/CCCCCCCCCCCCCCCCCCCCCCCCCCC. The van der Waals surface area contributed by atoms with Crippen LogP contribution >= 0.6 is 0 Å². The first-order chi connectivity index (χ1) is 33.3. The zero-order chi connectivity index (χ0) is 49.4. The molecule has 0 saturated carbocycles. The summed E-state index contributed by atoms with van der Waals surface area (Å²) in [6, 6.07) is -0.806. The van der Waals surface area contributed by atoms with Crippen LogP contribution in [0.1, 0.15) is 290 Å². The van der Waals surface area contributed by atoms with Crippen molar-refractivity contribution in [2.24, 2.45) is 0 Å². The monoisotopic (exact) mass is 964 g/mol. The molecule has 1 rings (SSSR count). The van der Waals surface area contributed by atoms with Gasteiger partial charge in [0.15, 0.2) is 6.29 Å². The number of allylic oxidation sites excluding steroid dienone is 3. The van der Waals surface area contributed by atoms with E-state index in [1.165, 1.54) is 231 Å². The topological polar surface area (TPSA) is 149 Å². The van der Waals surface area contributed by atoms with Gasteiger partial charge in [-0.15, -0.1) is 0 Å². The van der Waals surface area contributed by atoms with Crippen molar-refractivity contribution in [3.05, 3.63) is 24.3 Å². The molecule has 0 spiro atoms. The summed E-state index contributed by atoms with van der Waals surface area (Å²) in [7, 11) is 0. The van der Waals surface area contributed by atoms with E-state index in [0.29, 0.717) is 6.42 Å². The normalized spacial score (nSPS) is 19.7. The van der Waals surface area contributed by atoms with Crippen molar-refractivity contribution in [2.45, 2.75) is 333 Å². The molecule has 1 saturated heterocycles. The first-order valence-electron chi connectivity index (χ1n) is 29.6. The van der Waals surface area contributed by atoms with Crippen molar-refractivity contribution < 1.29 is 39.8 Å². The lowest BCUT2D eigenvalue weighted by molar-refractivity contribution is -0.302. The van der Waals surface area contributed by atoms with Gasteiger partial charge in [0.2, 0.25) is 5.91 Å². The van der Waals surface area contributed by atoms with Gasteiger partial charge >= 0.3 is 0 Å². The summed E-state index contributed by atoms with van der Waals surface area (Å²) in [6.07, 6.45) is 55.3. The van der Waals surface area contributed by atoms with E-state index in [9.17, 15) is 30.3 Å². The summed E-state index contributed by atoms with van der Waals surface area (Å²) in [6.45, 7) is 3.81. The number of rotatable bonds is 51. The Labute approximate surface area is 419 Å². The van der Waals surface area contributed by atoms with Crippen molar-refractivity contribution >= 4 is 5.91 Å². The molecule has 1 heterocycles. The van der Waals surface area contributed by atoms with Gasteiger partial charge < -0.3 is 40.3 Å². The van der Waals surface area contributed by atoms with E-state index < -0.39 is 49.5 Å². The molecule has 0 bridgehead atoms. The second-order valence-electron chi connectivity index (χ2n) is 20.8. The predicted octanol–water partition coefficient (Wildman–Crippen LogP) is 14.6. The molecule has 0 aromatic carbocycles. The van der Waals surface area contributed by atoms with Crippen LogP contribution in [0.3, 0.4) is 0 Å². The molecule has 68 heavy (non-hydrogen) atoms. The maximum atomic E-state index is 13.0. The Balaban J connectivity index is 2.20. The summed E-state index contributed by atoms with van der Waals surface area (Å²) < 4.78 is 11.3. The van der Waals surface area contributed by atoms with E-state index in [1.807, 2.05) is 6.08 Å². The van der Waals surface area contributed by atoms with Gasteiger partial charge in [-0.2, -0.15) is 0 Å². The molecule has 1 fully saturated rings. The van der Waals surface area contributed by atoms with E-state index in [2.05, 4.69) is 31.3 Å². The van der Waals surface area contributed by atoms with Crippen LogP contribution in [0.2, 0.25) is 0 Å². The van der Waals surface area contributed by atoms with Gasteiger partial charge in [-0.25, -0.2) is 0 Å². The number of carbonyl (C=O) groups is 1. The molecule has 1 amide bonds. The van der Waals surface area contributed by atoms with Crippen LogP contribution < -0.4 is 5.32 Å². The minimum absolute atomic E-state index is 0.177. The lowest BCUT2D eigenvalue weighted by atomic mass is 9.99. The molecule has 0 aliphatic carbocycles. The molecule has 9 nitrogen and oxygen atoms in total. The minimum Gasteiger partial charge on any atom is -0.394 e. The first-order valence-corrected chi connectivity index (χ1v) is 29.6. The van der Waals surface area contributed by atoms with Crippen molar-refractivity contribution in [2.75, 3.05) is 13.2 Å². The number of carbonyl (C=O) groups excluding carboxylic acids is 1. The van der Waals surface area contributed by atoms with E-state index in [0.717, 1.165) is 38.5 Å². The fourth-order valence-electron chi connectivity index (χ4n) is 9.57. The quantitative estimate of drug-likeness (QED) is 0.0261. The highest BCUT2D eigenvalue weighted by molar-refractivity contribution is 5.76. The van der Waals surface area contributed by atoms with Gasteiger partial charge in [0.25, 0.3) is 0 Å². The highest BCUT2D eigenvalue weighted by Gasteiger charge is 2.44. The van der Waals surface area contributed by atoms with E-state index in [-0.39, 0.29) is 12.5 Å². The smallest absolute Gasteiger partial charge is 0.220 e. The number of aliphatic hydroxyl groups excluding tert-OH is 5. The number of aliphatic hydroxyl groups is 5. The number of hydrogen-bond acceptors (Lipinski definition) is 8. The van der Waals surface area contributed by atoms with Gasteiger partial charge in [0.05, 0.1) is 25.4 Å². The molecule has 7 atom stereocenters. The Hall–Kier alpha value is -1.33. The molecular weight excluding hydrogens is 851 g/mol. The summed E-state index contributed by atoms with van der Waals surface area (Å²) in [5.41, 5.74) is 0. The van der Waals surface area contributed by atoms with E-state index >= 15 is 0 Å². The van der Waals surface area contributed by atoms with E-state index in [1.54, 1.807) is 6.08 Å². The number of amides is 1. The summed E-state index contributed by atoms with van der Waals surface area (Å²) in [5, 5.41) is 54.5. The Morgan fingerprint density at radius 2 is 0.824 bits per heavy atom. The van der Waals surface area contributed by atoms with Gasteiger partial charge in [0, 0.05) is 6.42 Å². The van der Waals surface area contributed by atoms with Crippen molar-refractivity contribution in [3.63, 3.8) is 0 Å². The minimum atomic E-state index is -1.57. The van der Waals surface area contributed by atoms with Crippen LogP contribution in [-0.2, 0) is 14.3 Å². The zero-order valence-corrected chi connectivity index (χ0v) is 44.6. The summed E-state index contributed by atoms with van der Waals surface area (Å²) in [4.78, 5) is 13.0. The van der Waals surface area contributed by atoms with Crippen LogP contribution in [0.25, 0.3) is 0 Å². The highest BCUT2D eigenvalue weighted by Crippen LogP contribution is 2.23. The predicted molar refractivity (Wildman–Crippen MR) is 286 cm³/mol. The molecule has 1 aliphatic rings. The van der Waals surface area contributed by atoms with Crippen molar-refractivity contribution in [3.8, 4) is 0 Å². The fourth-order valence-corrected chi connectivity index (χ4v) is 9.57. The zero-order valence-electron chi connectivity index (χ0n) is 44.6. The number of nitrogens with one attached hydrogen (secondary N) is 1. The Morgan fingerprint density at radius 1 is 0.485 bits per heavy atom. The molecule has 402 valence electrons. The second-order valence-corrected chi connectivity index (χ2v) is 20.8. The molecular formula is C59H113NO8. The Morgan fingerprint density at radius 3 is 1.19 bits per heavy atom. The summed E-state index contributed by atoms with van der Waals surface area (Å²) in [5.74, 6) is -0.177. The van der Waals surface area contributed by atoms with Crippen LogP contribution in [0.5, 0.6) is 0 Å². The number of hydrogen-bond donors (Lipinski definition) is 6. The average Bonchev–Trinajstić information content (AvgIpc) is 3.34. The lowest BCUT2D eigenvalue weighted by Crippen LogP contribution is -2.60. The third-order valence-electron chi connectivity index (χ3n) is 14.3. The molecule has 1 aliphatic heterocycles. The van der Waals surface area contributed by atoms with Gasteiger partial charge in [-0.05, 0) is 44.9 Å². The molecule has 7 unspecified atom stereocenters. The number of unbranched alkanes of at least 4 members (excludes halogenated alkanes) is 39. The molecule has 0 aromatic heterocycles. The van der Waals surface area contributed by atoms with E-state index in [4.69, 9.17) is 9.47 Å². The van der Waals surface area contributed by atoms with Gasteiger partial charge in [-0.3, -0.25) is 4.79 Å². The summed E-state index contributed by atoms with van der Waals surface area (Å²) >= 11 is 0. The maximum Gasteiger partial charge on any atom is 0.220 e. The second kappa shape index (κ2) is 49.3. The molecule has 0 aromatic rings. The molecule has 9 heteroatoms. The van der Waals surface area contributed by atoms with Crippen molar-refractivity contribution in [1.82, 2.24) is 5.32 Å². The maximum absolute atomic E-state index is 13.0. The molecule has 0 radical (unpaired) electrons. The van der Waals surface area contributed by atoms with Crippen LogP contribution in [0.4, 0.5) is 0 Å². The standard InChI is InChI=1S/C59H113NO8/c1-3-5-7-9-11-13-15-17-19-21-23-24-25-26-27-28-29-30-31-32-34-36-38-40-42-44-46-48-53(62)52(51-67-59-58(66)57(65)56(64)54(50-61)68-59)60-55(63)49-47-45-43-41-39-37-35-33-22-20-18-16-14-12-10-8-6-4-2/h20,22,46,48,52-54,56-59,61-62,64-66H,3-19,21,23-45,47,49-51H2,1-2H3,(H,60,63)/b22-20-,48-46+. The fraction of sp³-hybridized carbons (Fsp3) is 0.915. The molecule has 6 N–H and O–H groups in total. The van der Waals surface area contributed by atoms with Gasteiger partial charge in [0.1, 0.15) is 24.4 Å². The van der Waals surface area contributed by atoms with Crippen molar-refractivity contribution in [1.29, 1.82) is 0 Å². The Bertz CT molecular complexity index is 1120. The average molecular weight is 965 g/mol. The largest absolute Gasteiger partial charge is 0.394 e. The highest BCUT2D eigenvalue weighted by atomic mass is 16.7. The first kappa shape index (κ1) is 64.7. The number of ether oxygens (including phenoxy) is 2. The van der Waals surface area contributed by atoms with Crippen LogP contribution in [-0.4, -0.2) is 87.5 Å². The third kappa shape index (κ3) is 38.4. The van der Waals surface area contributed by atoms with Gasteiger partial charge in [-0.1, -0.05) is 263 Å². The van der Waals surface area contributed by atoms with Crippen LogP contribution in [0.15, 0.2) is 24.3 Å². The lowest BCUT2D eigenvalue weighted by Gasteiger charge is -2.40. The third-order valence-corrected chi connectivity index (χ3v) is 14.3.